The molecule has 0 spiro atoms. The summed E-state index contributed by atoms with van der Waals surface area (Å²) in [6.45, 7) is 4.63. The van der Waals surface area contributed by atoms with Gasteiger partial charge >= 0.3 is 0 Å². The Labute approximate surface area is 95.9 Å². The van der Waals surface area contributed by atoms with Crippen LogP contribution < -0.4 is 4.74 Å². The number of benzene rings is 1. The molecule has 0 N–H and O–H groups in total. The smallest absolute Gasteiger partial charge is 0.130 e. The van der Waals surface area contributed by atoms with Gasteiger partial charge in [0, 0.05) is 6.20 Å². The normalized spacial score (nSPS) is 10.1. The van der Waals surface area contributed by atoms with Crippen molar-refractivity contribution in [2.45, 2.75) is 20.5 Å². The molecule has 1 heterocycles. The second-order valence-electron chi connectivity index (χ2n) is 3.87. The van der Waals surface area contributed by atoms with Gasteiger partial charge in [-0.05, 0) is 37.6 Å². The lowest BCUT2D eigenvalue weighted by Gasteiger charge is -2.07. The summed E-state index contributed by atoms with van der Waals surface area (Å²) in [7, 11) is 0. The first-order chi connectivity index (χ1) is 7.75. The third kappa shape index (κ3) is 2.60. The lowest BCUT2D eigenvalue weighted by atomic mass is 10.2. The fourth-order valence-electron chi connectivity index (χ4n) is 1.46. The predicted molar refractivity (Wildman–Crippen MR) is 64.5 cm³/mol. The van der Waals surface area contributed by atoms with E-state index in [2.05, 4.69) is 11.9 Å². The van der Waals surface area contributed by atoms with Crippen LogP contribution in [0.4, 0.5) is 0 Å². The molecule has 0 bridgehead atoms. The molecule has 0 atom stereocenters. The summed E-state index contributed by atoms with van der Waals surface area (Å²) in [4.78, 5) is 4.29. The maximum atomic E-state index is 5.67. The SMILES string of the molecule is Cc1ccc(OCc2ncccc2C)cc1. The third-order valence-electron chi connectivity index (χ3n) is 2.51. The molecule has 0 aliphatic rings. The highest BCUT2D eigenvalue weighted by Crippen LogP contribution is 2.14. The van der Waals surface area contributed by atoms with Crippen LogP contribution in [-0.4, -0.2) is 4.98 Å². The summed E-state index contributed by atoms with van der Waals surface area (Å²) >= 11 is 0. The van der Waals surface area contributed by atoms with E-state index in [9.17, 15) is 0 Å². The Morgan fingerprint density at radius 2 is 1.81 bits per heavy atom. The molecule has 2 aromatic rings. The van der Waals surface area contributed by atoms with E-state index in [0.29, 0.717) is 6.61 Å². The van der Waals surface area contributed by atoms with Crippen LogP contribution in [0.1, 0.15) is 16.8 Å². The largest absolute Gasteiger partial charge is 0.487 e. The van der Waals surface area contributed by atoms with E-state index >= 15 is 0 Å². The van der Waals surface area contributed by atoms with Crippen molar-refractivity contribution in [1.29, 1.82) is 0 Å². The van der Waals surface area contributed by atoms with E-state index in [-0.39, 0.29) is 0 Å². The highest BCUT2D eigenvalue weighted by Gasteiger charge is 1.99. The minimum atomic E-state index is 0.524. The zero-order valence-corrected chi connectivity index (χ0v) is 9.60. The molecule has 1 aromatic carbocycles. The van der Waals surface area contributed by atoms with Crippen LogP contribution in [0, 0.1) is 13.8 Å². The van der Waals surface area contributed by atoms with Crippen LogP contribution in [0.15, 0.2) is 42.6 Å². The first kappa shape index (κ1) is 10.7. The van der Waals surface area contributed by atoms with Crippen LogP contribution >= 0.6 is 0 Å². The summed E-state index contributed by atoms with van der Waals surface area (Å²) in [5.41, 5.74) is 3.39. The summed E-state index contributed by atoms with van der Waals surface area (Å²) in [6, 6.07) is 12.0. The van der Waals surface area contributed by atoms with Crippen molar-refractivity contribution in [2.24, 2.45) is 0 Å². The fourth-order valence-corrected chi connectivity index (χ4v) is 1.46. The quantitative estimate of drug-likeness (QED) is 0.780. The van der Waals surface area contributed by atoms with Gasteiger partial charge in [-0.1, -0.05) is 23.8 Å². The second-order valence-corrected chi connectivity index (χ2v) is 3.87. The molecule has 0 saturated heterocycles. The van der Waals surface area contributed by atoms with Crippen LogP contribution in [0.25, 0.3) is 0 Å². The fraction of sp³-hybridized carbons (Fsp3) is 0.214. The van der Waals surface area contributed by atoms with Gasteiger partial charge in [-0.15, -0.1) is 0 Å². The van der Waals surface area contributed by atoms with E-state index in [0.717, 1.165) is 17.0 Å². The maximum Gasteiger partial charge on any atom is 0.130 e. The molecular weight excluding hydrogens is 198 g/mol. The minimum absolute atomic E-state index is 0.524. The molecule has 0 radical (unpaired) electrons. The van der Waals surface area contributed by atoms with Gasteiger partial charge in [-0.3, -0.25) is 4.98 Å². The first-order valence-electron chi connectivity index (χ1n) is 5.35. The maximum absolute atomic E-state index is 5.67. The molecular formula is C14H15NO. The highest BCUT2D eigenvalue weighted by atomic mass is 16.5. The highest BCUT2D eigenvalue weighted by molar-refractivity contribution is 5.27. The number of nitrogens with zero attached hydrogens (tertiary/aromatic N) is 1. The standard InChI is InChI=1S/C14H15NO/c1-11-5-7-13(8-6-11)16-10-14-12(2)4-3-9-15-14/h3-9H,10H2,1-2H3. The lowest BCUT2D eigenvalue weighted by Crippen LogP contribution is -2.00. The number of ether oxygens (including phenoxy) is 1. The molecule has 0 aliphatic heterocycles. The average molecular weight is 213 g/mol. The van der Waals surface area contributed by atoms with Crippen LogP contribution in [0.5, 0.6) is 5.75 Å². The summed E-state index contributed by atoms with van der Waals surface area (Å²) < 4.78 is 5.67. The van der Waals surface area contributed by atoms with Crippen LogP contribution in [0.3, 0.4) is 0 Å². The van der Waals surface area contributed by atoms with Crippen LogP contribution in [-0.2, 0) is 6.61 Å². The van der Waals surface area contributed by atoms with Crippen molar-refractivity contribution >= 4 is 0 Å². The molecule has 2 rings (SSSR count). The van der Waals surface area contributed by atoms with Crippen molar-refractivity contribution < 1.29 is 4.74 Å². The summed E-state index contributed by atoms with van der Waals surface area (Å²) in [5, 5.41) is 0. The molecule has 1 aromatic heterocycles. The molecule has 2 heteroatoms. The zero-order chi connectivity index (χ0) is 11.4. The van der Waals surface area contributed by atoms with Gasteiger partial charge in [0.2, 0.25) is 0 Å². The number of hydrogen-bond donors (Lipinski definition) is 0. The predicted octanol–water partition coefficient (Wildman–Crippen LogP) is 3.28. The van der Waals surface area contributed by atoms with Gasteiger partial charge in [0.05, 0.1) is 5.69 Å². The first-order valence-corrected chi connectivity index (χ1v) is 5.35. The van der Waals surface area contributed by atoms with Gasteiger partial charge in [-0.2, -0.15) is 0 Å². The Balaban J connectivity index is 2.02. The zero-order valence-electron chi connectivity index (χ0n) is 9.60. The Kier molecular flexibility index (Phi) is 3.20. The monoisotopic (exact) mass is 213 g/mol. The van der Waals surface area contributed by atoms with E-state index in [4.69, 9.17) is 4.74 Å². The van der Waals surface area contributed by atoms with Crippen molar-refractivity contribution in [3.63, 3.8) is 0 Å². The third-order valence-corrected chi connectivity index (χ3v) is 2.51. The Morgan fingerprint density at radius 1 is 1.06 bits per heavy atom. The van der Waals surface area contributed by atoms with Crippen LogP contribution in [0.2, 0.25) is 0 Å². The van der Waals surface area contributed by atoms with Crippen molar-refractivity contribution in [1.82, 2.24) is 4.98 Å². The number of rotatable bonds is 3. The number of aromatic nitrogens is 1. The Morgan fingerprint density at radius 3 is 2.50 bits per heavy atom. The molecule has 0 fully saturated rings. The van der Waals surface area contributed by atoms with Gasteiger partial charge in [0.1, 0.15) is 12.4 Å². The Hall–Kier alpha value is -1.83. The second kappa shape index (κ2) is 4.79. The minimum Gasteiger partial charge on any atom is -0.487 e. The van der Waals surface area contributed by atoms with E-state index < -0.39 is 0 Å². The van der Waals surface area contributed by atoms with Gasteiger partial charge < -0.3 is 4.74 Å². The van der Waals surface area contributed by atoms with E-state index in [1.807, 2.05) is 43.3 Å². The summed E-state index contributed by atoms with van der Waals surface area (Å²) in [6.07, 6.45) is 1.79. The molecule has 2 nitrogen and oxygen atoms in total. The molecule has 82 valence electrons. The van der Waals surface area contributed by atoms with Crippen molar-refractivity contribution in [3.8, 4) is 5.75 Å². The molecule has 0 amide bonds. The topological polar surface area (TPSA) is 22.1 Å². The summed E-state index contributed by atoms with van der Waals surface area (Å²) in [5.74, 6) is 0.885. The van der Waals surface area contributed by atoms with Gasteiger partial charge in [-0.25, -0.2) is 0 Å². The lowest BCUT2D eigenvalue weighted by molar-refractivity contribution is 0.300. The Bertz CT molecular complexity index is 462. The number of hydrogen-bond acceptors (Lipinski definition) is 2. The van der Waals surface area contributed by atoms with E-state index in [1.54, 1.807) is 6.20 Å². The van der Waals surface area contributed by atoms with E-state index in [1.165, 1.54) is 5.56 Å². The average Bonchev–Trinajstić information content (AvgIpc) is 2.30. The van der Waals surface area contributed by atoms with Crippen molar-refractivity contribution in [2.75, 3.05) is 0 Å². The molecule has 0 unspecified atom stereocenters. The number of aryl methyl sites for hydroxylation is 2. The van der Waals surface area contributed by atoms with Gasteiger partial charge in [0.15, 0.2) is 0 Å². The van der Waals surface area contributed by atoms with Crippen molar-refractivity contribution in [3.05, 3.63) is 59.4 Å². The molecule has 0 saturated carbocycles. The number of pyridine rings is 1. The molecule has 16 heavy (non-hydrogen) atoms. The molecule has 0 aliphatic carbocycles. The van der Waals surface area contributed by atoms with Gasteiger partial charge in [0.25, 0.3) is 0 Å².